The molecular formula is C13H10IN3OS. The maximum Gasteiger partial charge on any atom is 0.231 e. The van der Waals surface area contributed by atoms with Gasteiger partial charge in [-0.25, -0.2) is 9.97 Å². The molecule has 0 radical (unpaired) electrons. The van der Waals surface area contributed by atoms with Crippen LogP contribution in [-0.2, 0) is 6.42 Å². The minimum Gasteiger partial charge on any atom is -0.437 e. The summed E-state index contributed by atoms with van der Waals surface area (Å²) in [7, 11) is 0. The highest BCUT2D eigenvalue weighted by atomic mass is 127. The second-order valence-electron chi connectivity index (χ2n) is 3.86. The molecule has 4 nitrogen and oxygen atoms in total. The zero-order valence-corrected chi connectivity index (χ0v) is 13.1. The second-order valence-corrected chi connectivity index (χ2v) is 5.86. The number of thiophene rings is 1. The first-order valence-electron chi connectivity index (χ1n) is 5.80. The van der Waals surface area contributed by atoms with Gasteiger partial charge in [0.15, 0.2) is 0 Å². The van der Waals surface area contributed by atoms with Gasteiger partial charge in [-0.1, -0.05) is 6.92 Å². The molecule has 3 rings (SSSR count). The van der Waals surface area contributed by atoms with Crippen LogP contribution in [0, 0.1) is 3.70 Å². The Morgan fingerprint density at radius 3 is 2.89 bits per heavy atom. The largest absolute Gasteiger partial charge is 0.437 e. The molecule has 0 aliphatic heterocycles. The molecule has 0 saturated heterocycles. The lowest BCUT2D eigenvalue weighted by atomic mass is 10.3. The van der Waals surface area contributed by atoms with Crippen LogP contribution in [0.5, 0.6) is 11.6 Å². The van der Waals surface area contributed by atoms with Gasteiger partial charge in [-0.3, -0.25) is 0 Å². The summed E-state index contributed by atoms with van der Waals surface area (Å²) in [4.78, 5) is 14.1. The molecule has 0 atom stereocenters. The number of pyridine rings is 1. The first-order chi connectivity index (χ1) is 9.26. The summed E-state index contributed by atoms with van der Waals surface area (Å²) in [6.45, 7) is 2.03. The molecule has 0 aromatic carbocycles. The smallest absolute Gasteiger partial charge is 0.231 e. The van der Waals surface area contributed by atoms with Gasteiger partial charge >= 0.3 is 0 Å². The fourth-order valence-electron chi connectivity index (χ4n) is 1.64. The van der Waals surface area contributed by atoms with Gasteiger partial charge in [0.1, 0.15) is 20.1 Å². The summed E-state index contributed by atoms with van der Waals surface area (Å²) in [6.07, 6.45) is 2.49. The predicted octanol–water partition coefficient (Wildman–Crippen LogP) is 4.05. The Morgan fingerprint density at radius 2 is 2.16 bits per heavy atom. The molecule has 3 aromatic heterocycles. The Bertz CT molecular complexity index is 711. The van der Waals surface area contributed by atoms with Gasteiger partial charge in [-0.05, 0) is 46.2 Å². The van der Waals surface area contributed by atoms with E-state index in [1.54, 1.807) is 17.5 Å². The third-order valence-corrected chi connectivity index (χ3v) is 4.01. The van der Waals surface area contributed by atoms with E-state index in [2.05, 4.69) is 37.5 Å². The van der Waals surface area contributed by atoms with Crippen molar-refractivity contribution in [1.29, 1.82) is 0 Å². The lowest BCUT2D eigenvalue weighted by Crippen LogP contribution is -1.96. The second kappa shape index (κ2) is 5.38. The van der Waals surface area contributed by atoms with Crippen molar-refractivity contribution in [1.82, 2.24) is 15.0 Å². The van der Waals surface area contributed by atoms with Crippen molar-refractivity contribution in [2.45, 2.75) is 13.3 Å². The van der Waals surface area contributed by atoms with E-state index in [4.69, 9.17) is 4.74 Å². The lowest BCUT2D eigenvalue weighted by molar-refractivity contribution is 0.463. The fourth-order valence-corrected chi connectivity index (χ4v) is 2.73. The summed E-state index contributed by atoms with van der Waals surface area (Å²) in [6, 6.07) is 5.78. The molecule has 19 heavy (non-hydrogen) atoms. The van der Waals surface area contributed by atoms with Crippen molar-refractivity contribution in [3.05, 3.63) is 39.3 Å². The van der Waals surface area contributed by atoms with Crippen LogP contribution in [0.15, 0.2) is 29.8 Å². The number of rotatable bonds is 3. The van der Waals surface area contributed by atoms with Gasteiger partial charge in [0, 0.05) is 6.42 Å². The molecule has 0 aliphatic carbocycles. The number of halogens is 1. The lowest BCUT2D eigenvalue weighted by Gasteiger charge is -2.06. The molecule has 3 aromatic rings. The Kier molecular flexibility index (Phi) is 3.61. The number of ether oxygens (including phenoxy) is 1. The number of aryl methyl sites for hydroxylation is 1. The van der Waals surface area contributed by atoms with Crippen LogP contribution >= 0.6 is 33.9 Å². The van der Waals surface area contributed by atoms with Crippen LogP contribution in [-0.4, -0.2) is 15.0 Å². The van der Waals surface area contributed by atoms with Gasteiger partial charge in [0.25, 0.3) is 0 Å². The van der Waals surface area contributed by atoms with Crippen LogP contribution in [0.1, 0.15) is 12.7 Å². The van der Waals surface area contributed by atoms with E-state index in [1.807, 2.05) is 30.5 Å². The summed E-state index contributed by atoms with van der Waals surface area (Å²) >= 11 is 3.76. The SMILES string of the molecule is CCc1nc(Oc2ccc(I)nc2)c2ccsc2n1. The average Bonchev–Trinajstić information content (AvgIpc) is 2.89. The third kappa shape index (κ3) is 2.69. The van der Waals surface area contributed by atoms with Crippen molar-refractivity contribution >= 4 is 44.1 Å². The number of hydrogen-bond donors (Lipinski definition) is 0. The highest BCUT2D eigenvalue weighted by Crippen LogP contribution is 2.30. The van der Waals surface area contributed by atoms with Crippen molar-refractivity contribution in [3.8, 4) is 11.6 Å². The van der Waals surface area contributed by atoms with E-state index in [-0.39, 0.29) is 0 Å². The molecule has 0 bridgehead atoms. The van der Waals surface area contributed by atoms with Crippen LogP contribution < -0.4 is 4.74 Å². The first-order valence-corrected chi connectivity index (χ1v) is 7.75. The molecule has 0 saturated carbocycles. The van der Waals surface area contributed by atoms with Crippen molar-refractivity contribution in [2.24, 2.45) is 0 Å². The van der Waals surface area contributed by atoms with Gasteiger partial charge in [-0.2, -0.15) is 4.98 Å². The quantitative estimate of drug-likeness (QED) is 0.506. The van der Waals surface area contributed by atoms with Crippen LogP contribution in [0.4, 0.5) is 0 Å². The summed E-state index contributed by atoms with van der Waals surface area (Å²) in [5.41, 5.74) is 0. The first kappa shape index (κ1) is 12.7. The number of nitrogens with zero attached hydrogens (tertiary/aromatic N) is 3. The highest BCUT2D eigenvalue weighted by Gasteiger charge is 2.10. The monoisotopic (exact) mass is 383 g/mol. The van der Waals surface area contributed by atoms with Crippen LogP contribution in [0.25, 0.3) is 10.2 Å². The number of aromatic nitrogens is 3. The zero-order chi connectivity index (χ0) is 13.2. The van der Waals surface area contributed by atoms with Crippen molar-refractivity contribution in [2.75, 3.05) is 0 Å². The Hall–Kier alpha value is -1.28. The minimum absolute atomic E-state index is 0.603. The molecule has 0 N–H and O–H groups in total. The minimum atomic E-state index is 0.603. The zero-order valence-electron chi connectivity index (χ0n) is 10.1. The number of fused-ring (bicyclic) bond motifs is 1. The topological polar surface area (TPSA) is 47.9 Å². The van der Waals surface area contributed by atoms with E-state index < -0.39 is 0 Å². The van der Waals surface area contributed by atoms with E-state index in [0.29, 0.717) is 11.6 Å². The van der Waals surface area contributed by atoms with Gasteiger partial charge < -0.3 is 4.74 Å². The van der Waals surface area contributed by atoms with E-state index in [9.17, 15) is 0 Å². The molecule has 3 heterocycles. The fraction of sp³-hybridized carbons (Fsp3) is 0.154. The normalized spacial score (nSPS) is 10.8. The van der Waals surface area contributed by atoms with Crippen molar-refractivity contribution in [3.63, 3.8) is 0 Å². The van der Waals surface area contributed by atoms with Crippen LogP contribution in [0.3, 0.4) is 0 Å². The third-order valence-electron chi connectivity index (χ3n) is 2.57. The molecule has 0 aliphatic rings. The maximum absolute atomic E-state index is 5.84. The predicted molar refractivity (Wildman–Crippen MR) is 83.8 cm³/mol. The maximum atomic E-state index is 5.84. The van der Waals surface area contributed by atoms with Gasteiger partial charge in [-0.15, -0.1) is 11.3 Å². The Balaban J connectivity index is 2.03. The van der Waals surface area contributed by atoms with E-state index in [0.717, 1.165) is 26.2 Å². The molecule has 0 spiro atoms. The molecule has 0 amide bonds. The molecule has 96 valence electrons. The highest BCUT2D eigenvalue weighted by molar-refractivity contribution is 14.1. The molecular weight excluding hydrogens is 373 g/mol. The van der Waals surface area contributed by atoms with E-state index >= 15 is 0 Å². The molecule has 6 heteroatoms. The van der Waals surface area contributed by atoms with Gasteiger partial charge in [0.05, 0.1) is 11.6 Å². The van der Waals surface area contributed by atoms with Crippen molar-refractivity contribution < 1.29 is 4.74 Å². The molecule has 0 unspecified atom stereocenters. The summed E-state index contributed by atoms with van der Waals surface area (Å²) < 4.78 is 6.77. The van der Waals surface area contributed by atoms with Crippen LogP contribution in [0.2, 0.25) is 0 Å². The Morgan fingerprint density at radius 1 is 1.26 bits per heavy atom. The Labute approximate surface area is 128 Å². The van der Waals surface area contributed by atoms with Gasteiger partial charge in [0.2, 0.25) is 5.88 Å². The number of hydrogen-bond acceptors (Lipinski definition) is 5. The summed E-state index contributed by atoms with van der Waals surface area (Å²) in [5.74, 6) is 2.09. The average molecular weight is 383 g/mol. The van der Waals surface area contributed by atoms with E-state index in [1.165, 1.54) is 0 Å². The molecule has 0 fully saturated rings. The summed E-state index contributed by atoms with van der Waals surface area (Å²) in [5, 5.41) is 2.94. The standard InChI is InChI=1S/C13H10IN3OS/c1-2-11-16-12(9-5-6-19-13(9)17-11)18-8-3-4-10(14)15-7-8/h3-7H,2H2,1H3.